The minimum atomic E-state index is -0.964. The summed E-state index contributed by atoms with van der Waals surface area (Å²) in [4.78, 5) is 30.8. The summed E-state index contributed by atoms with van der Waals surface area (Å²) in [7, 11) is 0. The molecule has 3 fully saturated rings. The number of rotatable bonds is 8. The number of amides is 1. The number of nitrogens with two attached hydrogens (primary N) is 1. The van der Waals surface area contributed by atoms with Gasteiger partial charge >= 0.3 is 6.01 Å². The SMILES string of the molecule is C#Cc1c(F)ccc2cc(O)cc(-c3ncc4c(N5CC(C)CC(NC(=O)[C@@H](N)C(C)C)C5)nc(OC[C@@]56CCCN5C[C@H](F)C6)nc4c3F)c12. The monoisotopic (exact) mass is 701 g/mol. The van der Waals surface area contributed by atoms with Crippen molar-refractivity contribution in [2.75, 3.05) is 37.7 Å². The number of ether oxygens (including phenoxy) is 1. The first kappa shape index (κ1) is 34.8. The molecule has 268 valence electrons. The maximum atomic E-state index is 17.0. The number of phenols is 1. The molecule has 2 unspecified atom stereocenters. The van der Waals surface area contributed by atoms with Crippen molar-refractivity contribution >= 4 is 33.4 Å². The largest absolute Gasteiger partial charge is 0.508 e. The lowest BCUT2D eigenvalue weighted by Crippen LogP contribution is -2.54. The fraction of sp³-hybridized carbons (Fsp3) is 0.474. The van der Waals surface area contributed by atoms with Crippen molar-refractivity contribution in [3.8, 4) is 35.4 Å². The van der Waals surface area contributed by atoms with E-state index in [0.29, 0.717) is 49.1 Å². The Balaban J connectivity index is 1.34. The molecule has 2 aromatic heterocycles. The Hall–Kier alpha value is -4.67. The topological polar surface area (TPSA) is 130 Å². The fourth-order valence-corrected chi connectivity index (χ4v) is 8.14. The van der Waals surface area contributed by atoms with E-state index in [1.807, 2.05) is 18.7 Å². The second kappa shape index (κ2) is 13.5. The van der Waals surface area contributed by atoms with Gasteiger partial charge in [0, 0.05) is 49.2 Å². The molecule has 10 nitrogen and oxygen atoms in total. The molecule has 0 bridgehead atoms. The number of piperidine rings is 1. The maximum absolute atomic E-state index is 17.0. The molecular weight excluding hydrogens is 659 g/mol. The zero-order valence-electron chi connectivity index (χ0n) is 28.9. The van der Waals surface area contributed by atoms with Crippen LogP contribution in [0.2, 0.25) is 0 Å². The van der Waals surface area contributed by atoms with Gasteiger partial charge in [-0.25, -0.2) is 13.2 Å². The third kappa shape index (κ3) is 6.40. The first-order valence-corrected chi connectivity index (χ1v) is 17.5. The third-order valence-corrected chi connectivity index (χ3v) is 10.7. The number of fused-ring (bicyclic) bond motifs is 3. The van der Waals surface area contributed by atoms with Gasteiger partial charge in [-0.2, -0.15) is 9.97 Å². The number of aromatic nitrogens is 3. The van der Waals surface area contributed by atoms with Crippen LogP contribution in [0.15, 0.2) is 30.5 Å². The van der Waals surface area contributed by atoms with Crippen molar-refractivity contribution in [2.45, 2.75) is 70.2 Å². The Morgan fingerprint density at radius 2 is 2.04 bits per heavy atom. The molecule has 0 radical (unpaired) electrons. The number of benzene rings is 2. The Kier molecular flexibility index (Phi) is 9.18. The minimum absolute atomic E-state index is 0.0458. The summed E-state index contributed by atoms with van der Waals surface area (Å²) in [6, 6.07) is 4.34. The Labute approximate surface area is 294 Å². The Morgan fingerprint density at radius 3 is 2.80 bits per heavy atom. The van der Waals surface area contributed by atoms with Crippen LogP contribution in [0.5, 0.6) is 11.8 Å². The van der Waals surface area contributed by atoms with Crippen molar-refractivity contribution < 1.29 is 27.8 Å². The van der Waals surface area contributed by atoms with E-state index in [1.54, 1.807) is 0 Å². The minimum Gasteiger partial charge on any atom is -0.508 e. The van der Waals surface area contributed by atoms with E-state index in [1.165, 1.54) is 30.5 Å². The number of phenolic OH excluding ortho intramolecular Hbond substituents is 1. The number of halogens is 3. The van der Waals surface area contributed by atoms with Crippen LogP contribution in [0.4, 0.5) is 19.0 Å². The zero-order chi connectivity index (χ0) is 36.2. The number of alkyl halides is 1. The van der Waals surface area contributed by atoms with Crippen molar-refractivity contribution in [1.82, 2.24) is 25.2 Å². The first-order valence-electron chi connectivity index (χ1n) is 17.5. The Bertz CT molecular complexity index is 2060. The molecule has 3 aliphatic heterocycles. The number of terminal acetylenes is 1. The second-order valence-electron chi connectivity index (χ2n) is 14.8. The van der Waals surface area contributed by atoms with Crippen LogP contribution in [-0.4, -0.2) is 87.4 Å². The summed E-state index contributed by atoms with van der Waals surface area (Å²) in [5.74, 6) is 0.843. The van der Waals surface area contributed by atoms with Crippen molar-refractivity contribution in [2.24, 2.45) is 17.6 Å². The molecule has 51 heavy (non-hydrogen) atoms. The summed E-state index contributed by atoms with van der Waals surface area (Å²) < 4.78 is 52.7. The second-order valence-corrected chi connectivity index (χ2v) is 14.8. The molecule has 5 heterocycles. The van der Waals surface area contributed by atoms with Gasteiger partial charge in [0.15, 0.2) is 5.82 Å². The lowest BCUT2D eigenvalue weighted by molar-refractivity contribution is -0.124. The molecule has 0 spiro atoms. The highest BCUT2D eigenvalue weighted by Crippen LogP contribution is 2.42. The van der Waals surface area contributed by atoms with E-state index in [2.05, 4.69) is 33.0 Å². The summed E-state index contributed by atoms with van der Waals surface area (Å²) >= 11 is 0. The van der Waals surface area contributed by atoms with Gasteiger partial charge in [-0.1, -0.05) is 32.8 Å². The van der Waals surface area contributed by atoms with E-state index < -0.39 is 29.4 Å². The number of hydrogen-bond donors (Lipinski definition) is 3. The average Bonchev–Trinajstić information content (AvgIpc) is 3.62. The number of nitrogens with one attached hydrogen (secondary N) is 1. The van der Waals surface area contributed by atoms with Gasteiger partial charge in [0.25, 0.3) is 0 Å². The van der Waals surface area contributed by atoms with Gasteiger partial charge in [-0.05, 0) is 61.2 Å². The molecule has 3 saturated heterocycles. The van der Waals surface area contributed by atoms with Gasteiger partial charge in [0.2, 0.25) is 5.91 Å². The number of hydrogen-bond acceptors (Lipinski definition) is 9. The number of pyridine rings is 1. The molecule has 3 aliphatic rings. The van der Waals surface area contributed by atoms with Crippen LogP contribution < -0.4 is 20.7 Å². The fourth-order valence-electron chi connectivity index (χ4n) is 8.14. The summed E-state index contributed by atoms with van der Waals surface area (Å²) in [6.07, 6.45) is 8.90. The molecule has 0 aliphatic carbocycles. The number of carbonyl (C=O) groups is 1. The predicted molar refractivity (Wildman–Crippen MR) is 189 cm³/mol. The van der Waals surface area contributed by atoms with Crippen molar-refractivity contribution in [3.05, 3.63) is 47.7 Å². The van der Waals surface area contributed by atoms with Crippen molar-refractivity contribution in [3.63, 3.8) is 0 Å². The lowest BCUT2D eigenvalue weighted by atomic mass is 9.94. The molecule has 2 aromatic carbocycles. The van der Waals surface area contributed by atoms with E-state index >= 15 is 4.39 Å². The smallest absolute Gasteiger partial charge is 0.319 e. The maximum Gasteiger partial charge on any atom is 0.319 e. The van der Waals surface area contributed by atoms with Gasteiger partial charge in [0.05, 0.1) is 22.5 Å². The Morgan fingerprint density at radius 1 is 1.24 bits per heavy atom. The summed E-state index contributed by atoms with van der Waals surface area (Å²) in [5.41, 5.74) is 5.34. The highest BCUT2D eigenvalue weighted by atomic mass is 19.1. The standard InChI is InChI=1S/C38H42F3N7O3/c1-5-26-29(40)8-7-22-12-25(49)13-27(30(22)26)33-31(41)34-28(15-43-33)35(47-16-21(4)11-24(18-47)44-36(50)32(42)20(2)3)46-37(45-34)51-19-38-9-6-10-48(38)17-23(39)14-38/h1,7-8,12-13,15,20-21,23-24,32,49H,6,9-11,14,16-19,42H2,2-4H3,(H,44,50)/t21?,23-,24?,32+,38+/m1/s1. The molecule has 4 aromatic rings. The molecule has 13 heteroatoms. The van der Waals surface area contributed by atoms with Crippen LogP contribution in [-0.2, 0) is 4.79 Å². The van der Waals surface area contributed by atoms with Crippen LogP contribution in [0.25, 0.3) is 32.9 Å². The van der Waals surface area contributed by atoms with Crippen LogP contribution in [0.3, 0.4) is 0 Å². The van der Waals surface area contributed by atoms with E-state index in [-0.39, 0.29) is 69.9 Å². The third-order valence-electron chi connectivity index (χ3n) is 10.7. The summed E-state index contributed by atoms with van der Waals surface area (Å²) in [5, 5.41) is 14.6. The number of aromatic hydroxyl groups is 1. The van der Waals surface area contributed by atoms with E-state index in [9.17, 15) is 18.7 Å². The van der Waals surface area contributed by atoms with Crippen LogP contribution in [0.1, 0.15) is 52.0 Å². The number of carbonyl (C=O) groups excluding carboxylic acids is 1. The summed E-state index contributed by atoms with van der Waals surface area (Å²) in [6.45, 7) is 7.97. The quantitative estimate of drug-likeness (QED) is 0.216. The van der Waals surface area contributed by atoms with Gasteiger partial charge in [-0.15, -0.1) is 6.42 Å². The molecule has 7 rings (SSSR count). The van der Waals surface area contributed by atoms with Gasteiger partial charge < -0.3 is 25.8 Å². The van der Waals surface area contributed by atoms with Crippen molar-refractivity contribution in [1.29, 1.82) is 0 Å². The zero-order valence-corrected chi connectivity index (χ0v) is 28.9. The van der Waals surface area contributed by atoms with Crippen LogP contribution in [0, 0.1) is 35.8 Å². The van der Waals surface area contributed by atoms with E-state index in [4.69, 9.17) is 21.9 Å². The normalized spacial score (nSPS) is 24.2. The van der Waals surface area contributed by atoms with Gasteiger partial charge in [0.1, 0.15) is 41.4 Å². The molecule has 4 N–H and O–H groups in total. The highest BCUT2D eigenvalue weighted by Gasteiger charge is 2.49. The highest BCUT2D eigenvalue weighted by molar-refractivity contribution is 6.03. The number of anilines is 1. The van der Waals surface area contributed by atoms with Crippen LogP contribution >= 0.6 is 0 Å². The molecule has 1 amide bonds. The first-order chi connectivity index (χ1) is 24.4. The molecule has 0 saturated carbocycles. The number of nitrogens with zero attached hydrogens (tertiary/aromatic N) is 5. The van der Waals surface area contributed by atoms with E-state index in [0.717, 1.165) is 19.4 Å². The van der Waals surface area contributed by atoms with Gasteiger partial charge in [-0.3, -0.25) is 14.7 Å². The lowest BCUT2D eigenvalue weighted by Gasteiger charge is -2.38. The predicted octanol–water partition coefficient (Wildman–Crippen LogP) is 5.08. The molecular formula is C38H42F3N7O3. The average molecular weight is 702 g/mol. The molecule has 5 atom stereocenters.